The number of hydrogen-bond donors (Lipinski definition) is 2. The number of benzene rings is 2. The van der Waals surface area contributed by atoms with E-state index in [4.69, 9.17) is 46.4 Å². The molecule has 4 nitrogen and oxygen atoms in total. The molecule has 0 saturated carbocycles. The first-order chi connectivity index (χ1) is 12.4. The van der Waals surface area contributed by atoms with E-state index in [0.29, 0.717) is 42.4 Å². The lowest BCUT2D eigenvalue weighted by Gasteiger charge is -2.18. The van der Waals surface area contributed by atoms with E-state index in [9.17, 15) is 9.59 Å². The van der Waals surface area contributed by atoms with Gasteiger partial charge in [0.05, 0.1) is 43.3 Å². The van der Waals surface area contributed by atoms with Gasteiger partial charge < -0.3 is 10.6 Å². The van der Waals surface area contributed by atoms with Gasteiger partial charge in [-0.1, -0.05) is 58.5 Å². The molecule has 2 N–H and O–H groups in total. The number of rotatable bonds is 2. The molecule has 0 fully saturated rings. The number of carbonyl (C=O) groups excluding carboxylic acids is 2. The predicted octanol–water partition coefficient (Wildman–Crippen LogP) is 4.64. The van der Waals surface area contributed by atoms with E-state index in [1.165, 1.54) is 0 Å². The summed E-state index contributed by atoms with van der Waals surface area (Å²) < 4.78 is 0. The van der Waals surface area contributed by atoms with Crippen molar-refractivity contribution in [2.24, 2.45) is 0 Å². The summed E-state index contributed by atoms with van der Waals surface area (Å²) in [6.07, 6.45) is 0. The van der Waals surface area contributed by atoms with Gasteiger partial charge in [-0.25, -0.2) is 0 Å². The maximum Gasteiger partial charge on any atom is 0.250 e. The maximum atomic E-state index is 12.6. The fourth-order valence-electron chi connectivity index (χ4n) is 3.26. The lowest BCUT2D eigenvalue weighted by molar-refractivity contribution is -0.118. The minimum atomic E-state index is -0.583. The minimum absolute atomic E-state index is 0.314. The van der Waals surface area contributed by atoms with Crippen LogP contribution in [0, 0.1) is 0 Å². The first-order valence-electron chi connectivity index (χ1n) is 7.62. The highest BCUT2D eigenvalue weighted by Gasteiger charge is 2.46. The molecule has 2 unspecified atom stereocenters. The molecule has 0 saturated heterocycles. The Kier molecular flexibility index (Phi) is 4.40. The van der Waals surface area contributed by atoms with Crippen LogP contribution >= 0.6 is 46.4 Å². The Morgan fingerprint density at radius 2 is 1.00 bits per heavy atom. The van der Waals surface area contributed by atoms with Gasteiger partial charge in [-0.3, -0.25) is 9.59 Å². The molecular weight excluding hydrogens is 418 g/mol. The third-order valence-electron chi connectivity index (χ3n) is 4.46. The average Bonchev–Trinajstić information content (AvgIpc) is 3.12. The van der Waals surface area contributed by atoms with Gasteiger partial charge in [0.25, 0.3) is 11.8 Å². The van der Waals surface area contributed by atoms with E-state index >= 15 is 0 Å². The molecule has 2 atom stereocenters. The Hall–Kier alpha value is -1.72. The van der Waals surface area contributed by atoms with Crippen LogP contribution in [0.3, 0.4) is 0 Å². The van der Waals surface area contributed by atoms with E-state index in [-0.39, 0.29) is 11.8 Å². The summed E-state index contributed by atoms with van der Waals surface area (Å²) in [6, 6.07) is 8.85. The van der Waals surface area contributed by atoms with E-state index in [2.05, 4.69) is 10.6 Å². The average molecular weight is 428 g/mol. The van der Waals surface area contributed by atoms with Gasteiger partial charge in [-0.15, -0.1) is 0 Å². The van der Waals surface area contributed by atoms with E-state index in [1.54, 1.807) is 36.4 Å². The van der Waals surface area contributed by atoms with Crippen molar-refractivity contribution in [2.75, 3.05) is 0 Å². The SMILES string of the molecule is O=C1NC(c2ccc(Cl)c(Cl)c2)C2=C1C(c1ccc(Cl)c(Cl)c1)NC2=O. The zero-order valence-corrected chi connectivity index (χ0v) is 16.0. The molecule has 132 valence electrons. The Balaban J connectivity index is 1.78. The van der Waals surface area contributed by atoms with E-state index < -0.39 is 12.1 Å². The van der Waals surface area contributed by atoms with Crippen LogP contribution in [0.15, 0.2) is 47.5 Å². The van der Waals surface area contributed by atoms with Gasteiger partial charge >= 0.3 is 0 Å². The van der Waals surface area contributed by atoms with Crippen molar-refractivity contribution in [1.29, 1.82) is 0 Å². The summed E-state index contributed by atoms with van der Waals surface area (Å²) in [5, 5.41) is 7.19. The zero-order valence-electron chi connectivity index (χ0n) is 12.9. The Bertz CT molecular complexity index is 923. The van der Waals surface area contributed by atoms with Crippen molar-refractivity contribution in [3.8, 4) is 0 Å². The Morgan fingerprint density at radius 3 is 1.35 bits per heavy atom. The van der Waals surface area contributed by atoms with Gasteiger partial charge in [0.15, 0.2) is 0 Å². The zero-order chi connectivity index (χ0) is 18.6. The quantitative estimate of drug-likeness (QED) is 0.733. The summed E-state index contributed by atoms with van der Waals surface area (Å²) in [7, 11) is 0. The number of nitrogens with one attached hydrogen (secondary N) is 2. The van der Waals surface area contributed by atoms with E-state index in [0.717, 1.165) is 0 Å². The van der Waals surface area contributed by atoms with Crippen molar-refractivity contribution in [1.82, 2.24) is 10.6 Å². The highest BCUT2D eigenvalue weighted by molar-refractivity contribution is 6.42. The molecule has 0 radical (unpaired) electrons. The number of carbonyl (C=O) groups is 2. The summed E-state index contributed by atoms with van der Waals surface area (Å²) in [4.78, 5) is 25.2. The van der Waals surface area contributed by atoms with Crippen molar-refractivity contribution in [3.05, 3.63) is 78.8 Å². The number of amides is 2. The van der Waals surface area contributed by atoms with Gasteiger partial charge in [0.2, 0.25) is 0 Å². The van der Waals surface area contributed by atoms with Crippen molar-refractivity contribution in [2.45, 2.75) is 12.1 Å². The monoisotopic (exact) mass is 426 g/mol. The molecule has 0 spiro atoms. The third-order valence-corrected chi connectivity index (χ3v) is 5.94. The fraction of sp³-hybridized carbons (Fsp3) is 0.111. The third kappa shape index (κ3) is 2.78. The van der Waals surface area contributed by atoms with Crippen LogP contribution < -0.4 is 10.6 Å². The molecule has 2 aliphatic heterocycles. The van der Waals surface area contributed by atoms with Crippen LogP contribution in [0.4, 0.5) is 0 Å². The molecule has 4 rings (SSSR count). The van der Waals surface area contributed by atoms with Gasteiger partial charge in [0.1, 0.15) is 0 Å². The molecule has 0 bridgehead atoms. The number of halogens is 4. The molecular formula is C18H10Cl4N2O2. The van der Waals surface area contributed by atoms with Gasteiger partial charge in [-0.05, 0) is 35.4 Å². The minimum Gasteiger partial charge on any atom is -0.341 e. The second-order valence-electron chi connectivity index (χ2n) is 5.99. The Labute approximate surface area is 169 Å². The first kappa shape index (κ1) is 17.7. The summed E-state index contributed by atoms with van der Waals surface area (Å²) in [6.45, 7) is 0. The summed E-state index contributed by atoms with van der Waals surface area (Å²) >= 11 is 24.1. The normalized spacial score (nSPS) is 21.7. The van der Waals surface area contributed by atoms with Crippen molar-refractivity contribution < 1.29 is 9.59 Å². The molecule has 0 aromatic heterocycles. The summed E-state index contributed by atoms with van der Waals surface area (Å²) in [5.41, 5.74) is 2.12. The van der Waals surface area contributed by atoms with Crippen molar-refractivity contribution in [3.63, 3.8) is 0 Å². The van der Waals surface area contributed by atoms with Crippen LogP contribution in [-0.4, -0.2) is 11.8 Å². The predicted molar refractivity (Wildman–Crippen MR) is 102 cm³/mol. The molecule has 26 heavy (non-hydrogen) atoms. The Morgan fingerprint density at radius 1 is 0.615 bits per heavy atom. The second kappa shape index (κ2) is 6.46. The lowest BCUT2D eigenvalue weighted by Crippen LogP contribution is -2.33. The van der Waals surface area contributed by atoms with E-state index in [1.807, 2.05) is 0 Å². The smallest absolute Gasteiger partial charge is 0.250 e. The fourth-order valence-corrected chi connectivity index (χ4v) is 3.88. The topological polar surface area (TPSA) is 58.2 Å². The van der Waals surface area contributed by atoms with Gasteiger partial charge in [0, 0.05) is 0 Å². The van der Waals surface area contributed by atoms with Crippen molar-refractivity contribution >= 4 is 58.2 Å². The van der Waals surface area contributed by atoms with Gasteiger partial charge in [-0.2, -0.15) is 0 Å². The molecule has 2 aromatic rings. The van der Waals surface area contributed by atoms with Crippen LogP contribution in [0.25, 0.3) is 0 Å². The summed E-state index contributed by atoms with van der Waals surface area (Å²) in [5.74, 6) is -0.629. The molecule has 0 aliphatic carbocycles. The second-order valence-corrected chi connectivity index (χ2v) is 7.62. The lowest BCUT2D eigenvalue weighted by atomic mass is 9.95. The first-order valence-corrected chi connectivity index (χ1v) is 9.13. The standard InChI is InChI=1S/C18H10Cl4N2O2/c19-9-3-1-7(5-11(9)21)15-13-14(18(26)23-15)16(24-17(13)25)8-2-4-10(20)12(22)6-8/h1-6,15-16H,(H,23,26)(H,24,25). The molecule has 8 heteroatoms. The molecule has 2 amide bonds. The largest absolute Gasteiger partial charge is 0.341 e. The maximum absolute atomic E-state index is 12.6. The highest BCUT2D eigenvalue weighted by Crippen LogP contribution is 2.42. The van der Waals surface area contributed by atoms with Crippen LogP contribution in [0.2, 0.25) is 20.1 Å². The molecule has 2 aliphatic rings. The van der Waals surface area contributed by atoms with Crippen LogP contribution in [0.5, 0.6) is 0 Å². The van der Waals surface area contributed by atoms with Crippen LogP contribution in [0.1, 0.15) is 23.2 Å². The molecule has 2 heterocycles. The molecule has 2 aromatic carbocycles. The highest BCUT2D eigenvalue weighted by atomic mass is 35.5. The number of hydrogen-bond acceptors (Lipinski definition) is 2. The van der Waals surface area contributed by atoms with Crippen LogP contribution in [-0.2, 0) is 9.59 Å².